The molecule has 0 saturated carbocycles. The zero-order valence-corrected chi connectivity index (χ0v) is 12.1. The Bertz CT molecular complexity index is 593. The number of nitrogens with zero attached hydrogens (tertiary/aromatic N) is 2. The van der Waals surface area contributed by atoms with E-state index in [-0.39, 0.29) is 18.2 Å². The second-order valence-corrected chi connectivity index (χ2v) is 4.21. The van der Waals surface area contributed by atoms with Crippen molar-refractivity contribution >= 4 is 5.82 Å². The summed E-state index contributed by atoms with van der Waals surface area (Å²) in [5.41, 5.74) is 0. The van der Waals surface area contributed by atoms with Gasteiger partial charge in [-0.2, -0.15) is 4.98 Å². The largest absolute Gasteiger partial charge is 0.436 e. The normalized spacial score (nSPS) is 10.4. The van der Waals surface area contributed by atoms with E-state index in [4.69, 9.17) is 9.47 Å². The van der Waals surface area contributed by atoms with Crippen molar-refractivity contribution in [3.05, 3.63) is 42.0 Å². The minimum atomic E-state index is -0.438. The molecule has 0 amide bonds. The molecular weight excluding hydrogens is 273 g/mol. The molecule has 1 heterocycles. The summed E-state index contributed by atoms with van der Waals surface area (Å²) in [5, 5.41) is 3.08. The minimum Gasteiger partial charge on any atom is -0.436 e. The molecule has 0 spiro atoms. The lowest BCUT2D eigenvalue weighted by Gasteiger charge is -2.10. The van der Waals surface area contributed by atoms with Crippen LogP contribution in [0.25, 0.3) is 0 Å². The van der Waals surface area contributed by atoms with Crippen LogP contribution < -0.4 is 10.1 Å². The molecule has 21 heavy (non-hydrogen) atoms. The van der Waals surface area contributed by atoms with Gasteiger partial charge in [0.05, 0.1) is 0 Å². The van der Waals surface area contributed by atoms with Crippen LogP contribution in [0.4, 0.5) is 10.2 Å². The Labute approximate surface area is 123 Å². The lowest BCUT2D eigenvalue weighted by Crippen LogP contribution is -2.06. The van der Waals surface area contributed by atoms with Crippen LogP contribution in [0, 0.1) is 5.82 Å². The lowest BCUT2D eigenvalue weighted by atomic mass is 10.3. The number of rotatable bonds is 7. The molecule has 6 heteroatoms. The van der Waals surface area contributed by atoms with Gasteiger partial charge in [-0.15, -0.1) is 0 Å². The van der Waals surface area contributed by atoms with Crippen LogP contribution in [0.15, 0.2) is 30.3 Å². The van der Waals surface area contributed by atoms with E-state index in [2.05, 4.69) is 15.3 Å². The fraction of sp³-hybridized carbons (Fsp3) is 0.333. The molecule has 2 aromatic rings. The quantitative estimate of drug-likeness (QED) is 0.847. The third kappa shape index (κ3) is 4.39. The standard InChI is InChI=1S/C15H18FN3O2/c1-3-17-13-9-15(19-14(18-13)10-20-4-2)21-12-8-6-5-7-11(12)16/h5-9H,3-4,10H2,1-2H3,(H,17,18,19). The van der Waals surface area contributed by atoms with E-state index >= 15 is 0 Å². The second-order valence-electron chi connectivity index (χ2n) is 4.21. The van der Waals surface area contributed by atoms with Gasteiger partial charge in [-0.05, 0) is 26.0 Å². The Hall–Kier alpha value is -2.21. The number of aromatic nitrogens is 2. The Morgan fingerprint density at radius 2 is 2.00 bits per heavy atom. The number of para-hydroxylation sites is 1. The number of ether oxygens (including phenoxy) is 2. The number of hydrogen-bond donors (Lipinski definition) is 1. The van der Waals surface area contributed by atoms with E-state index in [1.54, 1.807) is 24.3 Å². The van der Waals surface area contributed by atoms with E-state index in [9.17, 15) is 4.39 Å². The molecule has 0 saturated heterocycles. The summed E-state index contributed by atoms with van der Waals surface area (Å²) in [6.45, 7) is 5.42. The van der Waals surface area contributed by atoms with Crippen molar-refractivity contribution in [2.75, 3.05) is 18.5 Å². The zero-order valence-electron chi connectivity index (χ0n) is 12.1. The Morgan fingerprint density at radius 1 is 1.19 bits per heavy atom. The highest BCUT2D eigenvalue weighted by Gasteiger charge is 2.09. The molecule has 1 aromatic carbocycles. The van der Waals surface area contributed by atoms with Gasteiger partial charge in [0.2, 0.25) is 5.88 Å². The molecule has 2 rings (SSSR count). The van der Waals surface area contributed by atoms with E-state index < -0.39 is 5.82 Å². The van der Waals surface area contributed by atoms with Crippen molar-refractivity contribution in [3.63, 3.8) is 0 Å². The molecule has 1 aromatic heterocycles. The fourth-order valence-corrected chi connectivity index (χ4v) is 1.69. The van der Waals surface area contributed by atoms with Gasteiger partial charge in [0.25, 0.3) is 0 Å². The van der Waals surface area contributed by atoms with E-state index in [0.717, 1.165) is 0 Å². The van der Waals surface area contributed by atoms with Crippen LogP contribution in [-0.2, 0) is 11.3 Å². The van der Waals surface area contributed by atoms with Crippen molar-refractivity contribution in [1.29, 1.82) is 0 Å². The van der Waals surface area contributed by atoms with Gasteiger partial charge in [0.15, 0.2) is 17.4 Å². The Morgan fingerprint density at radius 3 is 2.71 bits per heavy atom. The van der Waals surface area contributed by atoms with Crippen LogP contribution in [0.3, 0.4) is 0 Å². The highest BCUT2D eigenvalue weighted by molar-refractivity contribution is 5.40. The van der Waals surface area contributed by atoms with Gasteiger partial charge in [-0.3, -0.25) is 0 Å². The van der Waals surface area contributed by atoms with Gasteiger partial charge in [-0.1, -0.05) is 12.1 Å². The van der Waals surface area contributed by atoms with Crippen molar-refractivity contribution in [2.45, 2.75) is 20.5 Å². The molecular formula is C15H18FN3O2. The predicted molar refractivity (Wildman–Crippen MR) is 78.0 cm³/mol. The lowest BCUT2D eigenvalue weighted by molar-refractivity contribution is 0.128. The summed E-state index contributed by atoms with van der Waals surface area (Å²) in [6.07, 6.45) is 0. The molecule has 0 aliphatic heterocycles. The first-order valence-electron chi connectivity index (χ1n) is 6.85. The summed E-state index contributed by atoms with van der Waals surface area (Å²) in [6, 6.07) is 7.82. The SMILES string of the molecule is CCNc1cc(Oc2ccccc2F)nc(COCC)n1. The monoisotopic (exact) mass is 291 g/mol. The maximum atomic E-state index is 13.6. The van der Waals surface area contributed by atoms with Crippen LogP contribution in [0.1, 0.15) is 19.7 Å². The van der Waals surface area contributed by atoms with Crippen molar-refractivity contribution in [3.8, 4) is 11.6 Å². The average Bonchev–Trinajstić information content (AvgIpc) is 2.48. The molecule has 0 unspecified atom stereocenters. The summed E-state index contributed by atoms with van der Waals surface area (Å²) in [4.78, 5) is 8.53. The summed E-state index contributed by atoms with van der Waals surface area (Å²) < 4.78 is 24.4. The first-order chi connectivity index (χ1) is 10.2. The number of anilines is 1. The molecule has 0 aliphatic carbocycles. The van der Waals surface area contributed by atoms with Gasteiger partial charge in [0, 0.05) is 19.2 Å². The van der Waals surface area contributed by atoms with E-state index in [0.29, 0.717) is 24.8 Å². The van der Waals surface area contributed by atoms with Crippen molar-refractivity contribution in [2.24, 2.45) is 0 Å². The fourth-order valence-electron chi connectivity index (χ4n) is 1.69. The number of hydrogen-bond acceptors (Lipinski definition) is 5. The third-order valence-corrected chi connectivity index (χ3v) is 2.59. The maximum Gasteiger partial charge on any atom is 0.224 e. The van der Waals surface area contributed by atoms with E-state index in [1.165, 1.54) is 6.07 Å². The average molecular weight is 291 g/mol. The molecule has 112 valence electrons. The Balaban J connectivity index is 2.24. The molecule has 1 N–H and O–H groups in total. The summed E-state index contributed by atoms with van der Waals surface area (Å²) in [7, 11) is 0. The van der Waals surface area contributed by atoms with Crippen LogP contribution in [0.2, 0.25) is 0 Å². The van der Waals surface area contributed by atoms with Crippen LogP contribution in [-0.4, -0.2) is 23.1 Å². The van der Waals surface area contributed by atoms with Crippen LogP contribution >= 0.6 is 0 Å². The topological polar surface area (TPSA) is 56.3 Å². The molecule has 0 radical (unpaired) electrons. The summed E-state index contributed by atoms with van der Waals surface area (Å²) in [5.74, 6) is 1.07. The van der Waals surface area contributed by atoms with Gasteiger partial charge in [0.1, 0.15) is 12.4 Å². The molecule has 0 atom stereocenters. The van der Waals surface area contributed by atoms with Crippen LogP contribution in [0.5, 0.6) is 11.6 Å². The summed E-state index contributed by atoms with van der Waals surface area (Å²) >= 11 is 0. The Kier molecular flexibility index (Phi) is 5.45. The third-order valence-electron chi connectivity index (χ3n) is 2.59. The first-order valence-corrected chi connectivity index (χ1v) is 6.85. The molecule has 0 fully saturated rings. The zero-order chi connectivity index (χ0) is 15.1. The minimum absolute atomic E-state index is 0.126. The smallest absolute Gasteiger partial charge is 0.224 e. The molecule has 0 aliphatic rings. The second kappa shape index (κ2) is 7.54. The van der Waals surface area contributed by atoms with Gasteiger partial charge >= 0.3 is 0 Å². The highest BCUT2D eigenvalue weighted by atomic mass is 19.1. The first kappa shape index (κ1) is 15.2. The highest BCUT2D eigenvalue weighted by Crippen LogP contribution is 2.24. The number of halogens is 1. The maximum absolute atomic E-state index is 13.6. The van der Waals surface area contributed by atoms with E-state index in [1.807, 2.05) is 13.8 Å². The van der Waals surface area contributed by atoms with Crippen molar-refractivity contribution < 1.29 is 13.9 Å². The van der Waals surface area contributed by atoms with Gasteiger partial charge < -0.3 is 14.8 Å². The molecule has 5 nitrogen and oxygen atoms in total. The number of nitrogens with one attached hydrogen (secondary N) is 1. The van der Waals surface area contributed by atoms with Crippen molar-refractivity contribution in [1.82, 2.24) is 9.97 Å². The number of benzene rings is 1. The van der Waals surface area contributed by atoms with Gasteiger partial charge in [-0.25, -0.2) is 9.37 Å². The molecule has 0 bridgehead atoms. The predicted octanol–water partition coefficient (Wildman–Crippen LogP) is 3.38.